The van der Waals surface area contributed by atoms with Crippen LogP contribution >= 0.6 is 0 Å². The molecule has 0 spiro atoms. The van der Waals surface area contributed by atoms with Crippen molar-refractivity contribution in [3.05, 3.63) is 118 Å². The number of fused-ring (bicyclic) bond motifs is 1. The van der Waals surface area contributed by atoms with Crippen LogP contribution in [-0.2, 0) is 27.1 Å². The van der Waals surface area contributed by atoms with E-state index in [2.05, 4.69) is 47.0 Å². The van der Waals surface area contributed by atoms with Crippen molar-refractivity contribution in [1.82, 2.24) is 5.32 Å². The number of nitrogens with two attached hydrogens (primary N) is 1. The van der Waals surface area contributed by atoms with Crippen LogP contribution in [0.2, 0.25) is 0 Å². The van der Waals surface area contributed by atoms with Crippen LogP contribution < -0.4 is 26.7 Å². The molecule has 7 N–H and O–H groups in total. The molecule has 0 bridgehead atoms. The Morgan fingerprint density at radius 1 is 0.929 bits per heavy atom. The molecule has 5 aromatic rings. The average molecular weight is 768 g/mol. The fourth-order valence-electron chi connectivity index (χ4n) is 6.86. The Morgan fingerprint density at radius 3 is 2.32 bits per heavy atom. The molecule has 4 atom stereocenters. The number of ether oxygens (including phenoxy) is 4. The fraction of sp³-hybridized carbons (Fsp3) is 0.310. The summed E-state index contributed by atoms with van der Waals surface area (Å²) >= 11 is 0. The van der Waals surface area contributed by atoms with E-state index in [0.29, 0.717) is 25.1 Å². The number of anilines is 1. The van der Waals surface area contributed by atoms with E-state index in [1.807, 2.05) is 18.2 Å². The average Bonchev–Trinajstić information content (AvgIpc) is 3.17. The summed E-state index contributed by atoms with van der Waals surface area (Å²) in [5.41, 5.74) is 7.02. The summed E-state index contributed by atoms with van der Waals surface area (Å²) in [6.07, 6.45) is -4.90. The summed E-state index contributed by atoms with van der Waals surface area (Å²) in [6.45, 7) is 6.13. The Bertz CT molecular complexity index is 2260. The van der Waals surface area contributed by atoms with Gasteiger partial charge in [-0.2, -0.15) is 0 Å². The van der Waals surface area contributed by atoms with Gasteiger partial charge in [0.25, 0.3) is 5.91 Å². The SMILES string of the molecule is CO[C@@H]1[C@@H](OC(N)=O)[C@@H](O)[C@H](Oc2ccc3c(O)c(NC(=O)c4ccc(O)c(CCNCCc5ccc(-c6ccccc6)cc5)c4)c(=O)oc3c2C)OC1(C)C. The summed E-state index contributed by atoms with van der Waals surface area (Å²) in [5.74, 6) is -1.10. The third kappa shape index (κ3) is 8.63. The normalized spacial score (nSPS) is 19.0. The molecule has 6 rings (SSSR count). The first-order valence-corrected chi connectivity index (χ1v) is 18.1. The van der Waals surface area contributed by atoms with E-state index in [0.717, 1.165) is 17.5 Å². The lowest BCUT2D eigenvalue weighted by atomic mass is 9.89. The Hall–Kier alpha value is -5.93. The lowest BCUT2D eigenvalue weighted by molar-refractivity contribution is -0.304. The van der Waals surface area contributed by atoms with Gasteiger partial charge < -0.3 is 55.1 Å². The molecule has 294 valence electrons. The molecule has 0 aliphatic carbocycles. The number of methoxy groups -OCH3 is 1. The molecule has 1 aromatic heterocycles. The number of hydrogen-bond acceptors (Lipinski definition) is 12. The minimum atomic E-state index is -1.53. The van der Waals surface area contributed by atoms with Crippen LogP contribution in [0.4, 0.5) is 10.5 Å². The molecule has 14 heteroatoms. The third-order valence-electron chi connectivity index (χ3n) is 9.82. The van der Waals surface area contributed by atoms with Crippen LogP contribution in [-0.4, -0.2) is 77.7 Å². The first kappa shape index (κ1) is 39.8. The second kappa shape index (κ2) is 16.8. The number of aliphatic hydroxyl groups is 1. The van der Waals surface area contributed by atoms with Crippen LogP contribution in [0.1, 0.15) is 40.9 Å². The van der Waals surface area contributed by atoms with Gasteiger partial charge in [-0.3, -0.25) is 4.79 Å². The van der Waals surface area contributed by atoms with Gasteiger partial charge in [0.2, 0.25) is 6.29 Å². The van der Waals surface area contributed by atoms with Gasteiger partial charge >= 0.3 is 11.7 Å². The molecule has 0 unspecified atom stereocenters. The standard InChI is InChI=1S/C42H45N3O11/c1-23-31(53-40-34(48)36(55-41(43)51)37(52-4)42(2,3)56-40)17-15-29-33(47)32(39(50)54-35(23)29)45-38(49)28-14-16-30(46)27(22-28)19-21-44-20-18-24-10-12-26(13-11-24)25-8-6-5-7-9-25/h5-17,22,34,36-37,40,44,46-48H,18-21H2,1-4H3,(H2,43,51)(H,45,49)/t34-,36+,37-,40-/m1/s1. The number of amides is 2. The molecular weight excluding hydrogens is 722 g/mol. The molecule has 1 saturated heterocycles. The zero-order chi connectivity index (χ0) is 40.1. The summed E-state index contributed by atoms with van der Waals surface area (Å²) in [7, 11) is 1.37. The summed E-state index contributed by atoms with van der Waals surface area (Å²) in [6, 6.07) is 25.8. The fourth-order valence-corrected chi connectivity index (χ4v) is 6.86. The van der Waals surface area contributed by atoms with Crippen LogP contribution in [0.25, 0.3) is 22.1 Å². The maximum atomic E-state index is 13.3. The van der Waals surface area contributed by atoms with Crippen molar-refractivity contribution < 1.29 is 48.3 Å². The number of aromatic hydroxyl groups is 2. The summed E-state index contributed by atoms with van der Waals surface area (Å²) < 4.78 is 28.1. The maximum Gasteiger partial charge on any atom is 0.404 e. The molecule has 2 heterocycles. The highest BCUT2D eigenvalue weighted by Gasteiger charge is 2.53. The molecule has 1 aliphatic heterocycles. The van der Waals surface area contributed by atoms with Crippen LogP contribution in [0.5, 0.6) is 17.2 Å². The van der Waals surface area contributed by atoms with Gasteiger partial charge in [-0.25, -0.2) is 9.59 Å². The van der Waals surface area contributed by atoms with Crippen LogP contribution in [0.3, 0.4) is 0 Å². The van der Waals surface area contributed by atoms with E-state index in [1.165, 1.54) is 43.0 Å². The number of carbonyl (C=O) groups is 2. The highest BCUT2D eigenvalue weighted by Crippen LogP contribution is 2.38. The highest BCUT2D eigenvalue weighted by atomic mass is 16.7. The van der Waals surface area contributed by atoms with Crippen molar-refractivity contribution in [2.24, 2.45) is 5.73 Å². The highest BCUT2D eigenvalue weighted by molar-refractivity contribution is 6.06. The number of carbonyl (C=O) groups excluding carboxylic acids is 2. The van der Waals surface area contributed by atoms with E-state index in [1.54, 1.807) is 20.8 Å². The minimum absolute atomic E-state index is 0.0190. The number of hydrogen-bond donors (Lipinski definition) is 6. The molecule has 0 saturated carbocycles. The van der Waals surface area contributed by atoms with Gasteiger partial charge in [0.05, 0.1) is 11.0 Å². The molecular formula is C42H45N3O11. The number of primary amides is 1. The predicted molar refractivity (Wildman–Crippen MR) is 208 cm³/mol. The number of aryl methyl sites for hydroxylation is 1. The maximum absolute atomic E-state index is 13.3. The summed E-state index contributed by atoms with van der Waals surface area (Å²) in [4.78, 5) is 38.1. The van der Waals surface area contributed by atoms with Gasteiger partial charge in [0.1, 0.15) is 23.2 Å². The number of benzene rings is 4. The second-order valence-corrected chi connectivity index (χ2v) is 14.0. The smallest absolute Gasteiger partial charge is 0.404 e. The van der Waals surface area contributed by atoms with E-state index in [4.69, 9.17) is 29.1 Å². The first-order valence-electron chi connectivity index (χ1n) is 18.1. The lowest BCUT2D eigenvalue weighted by Gasteiger charge is -2.47. The molecule has 0 radical (unpaired) electrons. The Kier molecular flexibility index (Phi) is 12.0. The quantitative estimate of drug-likeness (QED) is 0.0678. The van der Waals surface area contributed by atoms with Crippen molar-refractivity contribution in [3.63, 3.8) is 0 Å². The van der Waals surface area contributed by atoms with Gasteiger partial charge in [0, 0.05) is 18.2 Å². The van der Waals surface area contributed by atoms with Gasteiger partial charge in [-0.05, 0) is 99.3 Å². The number of rotatable bonds is 13. The Labute approximate surface area is 322 Å². The Morgan fingerprint density at radius 2 is 1.62 bits per heavy atom. The lowest BCUT2D eigenvalue weighted by Crippen LogP contribution is -2.65. The monoisotopic (exact) mass is 767 g/mol. The zero-order valence-corrected chi connectivity index (χ0v) is 31.4. The third-order valence-corrected chi connectivity index (χ3v) is 9.82. The minimum Gasteiger partial charge on any atom is -0.508 e. The number of phenols is 1. The van der Waals surface area contributed by atoms with Gasteiger partial charge in [-0.1, -0.05) is 54.6 Å². The number of aliphatic hydroxyl groups excluding tert-OH is 1. The van der Waals surface area contributed by atoms with Crippen molar-refractivity contribution >= 4 is 28.7 Å². The van der Waals surface area contributed by atoms with Crippen molar-refractivity contribution in [2.45, 2.75) is 63.8 Å². The van der Waals surface area contributed by atoms with Crippen molar-refractivity contribution in [1.29, 1.82) is 0 Å². The molecule has 1 fully saturated rings. The van der Waals surface area contributed by atoms with E-state index in [-0.39, 0.29) is 33.6 Å². The van der Waals surface area contributed by atoms with Crippen LogP contribution in [0, 0.1) is 6.92 Å². The number of phenolic OH excluding ortho intramolecular Hbond substituents is 1. The second-order valence-electron chi connectivity index (χ2n) is 14.0. The van der Waals surface area contributed by atoms with Crippen LogP contribution in [0.15, 0.2) is 94.1 Å². The predicted octanol–water partition coefficient (Wildman–Crippen LogP) is 5.16. The largest absolute Gasteiger partial charge is 0.508 e. The first-order chi connectivity index (χ1) is 26.8. The van der Waals surface area contributed by atoms with E-state index in [9.17, 15) is 29.7 Å². The van der Waals surface area contributed by atoms with Crippen molar-refractivity contribution in [2.75, 3.05) is 25.5 Å². The topological polar surface area (TPSA) is 212 Å². The van der Waals surface area contributed by atoms with E-state index < -0.39 is 59.3 Å². The Balaban J connectivity index is 1.09. The van der Waals surface area contributed by atoms with Gasteiger partial charge in [0.15, 0.2) is 23.6 Å². The number of nitrogens with one attached hydrogen (secondary N) is 2. The van der Waals surface area contributed by atoms with Crippen molar-refractivity contribution in [3.8, 4) is 28.4 Å². The molecule has 1 aliphatic rings. The molecule has 56 heavy (non-hydrogen) atoms. The molecule has 14 nitrogen and oxygen atoms in total. The summed E-state index contributed by atoms with van der Waals surface area (Å²) in [5, 5.41) is 38.6. The molecule has 4 aromatic carbocycles. The molecule has 2 amide bonds. The zero-order valence-electron chi connectivity index (χ0n) is 31.4. The van der Waals surface area contributed by atoms with Gasteiger partial charge in [-0.15, -0.1) is 0 Å². The van der Waals surface area contributed by atoms with E-state index >= 15 is 0 Å².